The van der Waals surface area contributed by atoms with Crippen molar-refractivity contribution in [2.75, 3.05) is 13.2 Å². The van der Waals surface area contributed by atoms with E-state index < -0.39 is 24.5 Å². The van der Waals surface area contributed by atoms with E-state index in [1.165, 1.54) is 6.08 Å². The highest BCUT2D eigenvalue weighted by molar-refractivity contribution is 6.15. The quantitative estimate of drug-likeness (QED) is 0.487. The molecule has 7 heteroatoms. The van der Waals surface area contributed by atoms with E-state index in [0.29, 0.717) is 16.2 Å². The van der Waals surface area contributed by atoms with Gasteiger partial charge in [-0.05, 0) is 22.9 Å². The van der Waals surface area contributed by atoms with Crippen molar-refractivity contribution < 1.29 is 24.2 Å². The molecule has 2 N–H and O–H groups in total. The van der Waals surface area contributed by atoms with Gasteiger partial charge in [0, 0.05) is 5.56 Å². The molecule has 1 aliphatic heterocycles. The van der Waals surface area contributed by atoms with Gasteiger partial charge in [0.2, 0.25) is 0 Å². The Morgan fingerprint density at radius 3 is 2.77 bits per heavy atom. The van der Waals surface area contributed by atoms with E-state index in [2.05, 4.69) is 11.2 Å². The number of carboxylic acid groups (broad SMARTS) is 1. The van der Waals surface area contributed by atoms with Crippen molar-refractivity contribution in [2.45, 2.75) is 0 Å². The Kier molecular flexibility index (Phi) is 4.58. The van der Waals surface area contributed by atoms with Crippen LogP contribution < -0.4 is 10.1 Å². The molecule has 0 aromatic heterocycles. The number of amides is 3. The van der Waals surface area contributed by atoms with Gasteiger partial charge in [0.1, 0.15) is 24.6 Å². The van der Waals surface area contributed by atoms with Crippen molar-refractivity contribution in [3.8, 4) is 18.1 Å². The maximum absolute atomic E-state index is 12.4. The number of benzene rings is 2. The first-order valence-corrected chi connectivity index (χ1v) is 7.65. The number of carbonyl (C=O) groups excluding carboxylic acids is 2. The van der Waals surface area contributed by atoms with Crippen LogP contribution in [-0.4, -0.2) is 41.1 Å². The highest BCUT2D eigenvalue weighted by Gasteiger charge is 2.35. The van der Waals surface area contributed by atoms with Crippen LogP contribution in [0.3, 0.4) is 0 Å². The molecule has 1 saturated heterocycles. The van der Waals surface area contributed by atoms with Gasteiger partial charge in [0.05, 0.1) is 0 Å². The number of nitrogens with one attached hydrogen (secondary N) is 1. The van der Waals surface area contributed by atoms with Crippen molar-refractivity contribution in [1.29, 1.82) is 0 Å². The minimum atomic E-state index is -1.28. The molecule has 7 nitrogen and oxygen atoms in total. The van der Waals surface area contributed by atoms with Gasteiger partial charge >= 0.3 is 12.0 Å². The Bertz CT molecular complexity index is 987. The molecule has 0 bridgehead atoms. The van der Waals surface area contributed by atoms with Gasteiger partial charge < -0.3 is 15.2 Å². The number of urea groups is 1. The second-order valence-electron chi connectivity index (χ2n) is 5.46. The minimum Gasteiger partial charge on any atom is -0.480 e. The van der Waals surface area contributed by atoms with Gasteiger partial charge in [0.25, 0.3) is 5.91 Å². The van der Waals surface area contributed by atoms with Gasteiger partial charge in [-0.2, -0.15) is 0 Å². The molecule has 0 unspecified atom stereocenters. The van der Waals surface area contributed by atoms with Crippen LogP contribution in [0.5, 0.6) is 5.75 Å². The normalized spacial score (nSPS) is 15.2. The average Bonchev–Trinajstić information content (AvgIpc) is 2.88. The smallest absolute Gasteiger partial charge is 0.329 e. The summed E-state index contributed by atoms with van der Waals surface area (Å²) >= 11 is 0. The number of hydrogen-bond acceptors (Lipinski definition) is 4. The molecule has 2 aromatic rings. The number of carboxylic acids is 1. The number of aliphatic carboxylic acids is 1. The first-order chi connectivity index (χ1) is 12.5. The van der Waals surface area contributed by atoms with E-state index in [1.54, 1.807) is 6.07 Å². The van der Waals surface area contributed by atoms with E-state index in [-0.39, 0.29) is 12.3 Å². The molecule has 26 heavy (non-hydrogen) atoms. The second kappa shape index (κ2) is 6.99. The standard InChI is InChI=1S/C19H14N2O5/c1-2-9-26-16-8-7-12-5-3-4-6-13(12)14(16)10-15-18(24)21(11-17(22)23)19(25)20-15/h1,3-8,10H,9,11H2,(H,20,25)(H,22,23)/b15-10+. The van der Waals surface area contributed by atoms with E-state index in [0.717, 1.165) is 10.8 Å². The van der Waals surface area contributed by atoms with E-state index in [9.17, 15) is 14.4 Å². The Labute approximate surface area is 148 Å². The number of hydrogen-bond donors (Lipinski definition) is 2. The van der Waals surface area contributed by atoms with Crippen molar-refractivity contribution in [1.82, 2.24) is 10.2 Å². The van der Waals surface area contributed by atoms with Crippen LogP contribution in [0.4, 0.5) is 4.79 Å². The fourth-order valence-corrected chi connectivity index (χ4v) is 2.66. The molecular formula is C19H14N2O5. The van der Waals surface area contributed by atoms with Crippen molar-refractivity contribution in [2.24, 2.45) is 0 Å². The highest BCUT2D eigenvalue weighted by atomic mass is 16.5. The van der Waals surface area contributed by atoms with Crippen molar-refractivity contribution in [3.63, 3.8) is 0 Å². The zero-order valence-corrected chi connectivity index (χ0v) is 13.6. The largest absolute Gasteiger partial charge is 0.480 e. The molecule has 1 fully saturated rings. The number of nitrogens with zero attached hydrogens (tertiary/aromatic N) is 1. The summed E-state index contributed by atoms with van der Waals surface area (Å²) in [5.41, 5.74) is 0.539. The summed E-state index contributed by atoms with van der Waals surface area (Å²) in [7, 11) is 0. The fraction of sp³-hybridized carbons (Fsp3) is 0.105. The van der Waals surface area contributed by atoms with E-state index in [4.69, 9.17) is 16.3 Å². The first kappa shape index (κ1) is 17.0. The Morgan fingerprint density at radius 1 is 1.27 bits per heavy atom. The predicted molar refractivity (Wildman–Crippen MR) is 94.1 cm³/mol. The lowest BCUT2D eigenvalue weighted by Gasteiger charge is -2.11. The molecule has 0 atom stereocenters. The molecular weight excluding hydrogens is 336 g/mol. The maximum atomic E-state index is 12.4. The van der Waals surface area contributed by atoms with Crippen LogP contribution >= 0.6 is 0 Å². The third-order valence-corrected chi connectivity index (χ3v) is 3.79. The molecule has 1 aliphatic rings. The molecule has 3 rings (SSSR count). The van der Waals surface area contributed by atoms with Crippen molar-refractivity contribution in [3.05, 3.63) is 47.7 Å². The van der Waals surface area contributed by atoms with Gasteiger partial charge in [-0.3, -0.25) is 9.59 Å². The van der Waals surface area contributed by atoms with Crippen LogP contribution in [-0.2, 0) is 9.59 Å². The first-order valence-electron chi connectivity index (χ1n) is 7.65. The predicted octanol–water partition coefficient (Wildman–Crippen LogP) is 1.83. The SMILES string of the molecule is C#CCOc1ccc2ccccc2c1/C=C1/NC(=O)N(CC(=O)O)C1=O. The second-order valence-corrected chi connectivity index (χ2v) is 5.46. The summed E-state index contributed by atoms with van der Waals surface area (Å²) in [5.74, 6) is 0.834. The fourth-order valence-electron chi connectivity index (χ4n) is 2.66. The summed E-state index contributed by atoms with van der Waals surface area (Å²) in [5, 5.41) is 12.9. The maximum Gasteiger partial charge on any atom is 0.329 e. The van der Waals surface area contributed by atoms with Gasteiger partial charge in [-0.1, -0.05) is 36.3 Å². The number of terminal acetylenes is 1. The number of rotatable bonds is 5. The minimum absolute atomic E-state index is 0.0295. The third-order valence-electron chi connectivity index (χ3n) is 3.79. The van der Waals surface area contributed by atoms with Gasteiger partial charge in [-0.15, -0.1) is 6.42 Å². The van der Waals surface area contributed by atoms with Crippen LogP contribution in [0.2, 0.25) is 0 Å². The van der Waals surface area contributed by atoms with E-state index >= 15 is 0 Å². The molecule has 0 spiro atoms. The molecule has 0 saturated carbocycles. The van der Waals surface area contributed by atoms with Crippen LogP contribution in [0.1, 0.15) is 5.56 Å². The highest BCUT2D eigenvalue weighted by Crippen LogP contribution is 2.31. The van der Waals surface area contributed by atoms with Gasteiger partial charge in [-0.25, -0.2) is 9.69 Å². The summed E-state index contributed by atoms with van der Waals surface area (Å²) in [6, 6.07) is 10.3. The van der Waals surface area contributed by atoms with Crippen LogP contribution in [0, 0.1) is 12.3 Å². The third kappa shape index (κ3) is 3.21. The molecule has 130 valence electrons. The zero-order valence-electron chi connectivity index (χ0n) is 13.6. The number of carbonyl (C=O) groups is 3. The van der Waals surface area contributed by atoms with Gasteiger partial charge in [0.15, 0.2) is 0 Å². The molecule has 0 radical (unpaired) electrons. The van der Waals surface area contributed by atoms with Crippen LogP contribution in [0.25, 0.3) is 16.8 Å². The zero-order chi connectivity index (χ0) is 18.7. The summed E-state index contributed by atoms with van der Waals surface area (Å²) in [6.07, 6.45) is 6.71. The lowest BCUT2D eigenvalue weighted by atomic mass is 10.0. The Hall–Kier alpha value is -3.79. The molecule has 0 aliphatic carbocycles. The summed E-state index contributed by atoms with van der Waals surface area (Å²) < 4.78 is 5.55. The molecule has 3 amide bonds. The lowest BCUT2D eigenvalue weighted by molar-refractivity contribution is -0.140. The molecule has 1 heterocycles. The summed E-state index contributed by atoms with van der Waals surface area (Å²) in [4.78, 5) is 35.7. The average molecular weight is 350 g/mol. The van der Waals surface area contributed by atoms with E-state index in [1.807, 2.05) is 30.3 Å². The Morgan fingerprint density at radius 2 is 2.04 bits per heavy atom. The number of ether oxygens (including phenoxy) is 1. The number of imide groups is 1. The number of fused-ring (bicyclic) bond motifs is 1. The van der Waals surface area contributed by atoms with Crippen molar-refractivity contribution >= 4 is 34.8 Å². The lowest BCUT2D eigenvalue weighted by Crippen LogP contribution is -2.35. The van der Waals surface area contributed by atoms with Crippen LogP contribution in [0.15, 0.2) is 42.1 Å². The monoisotopic (exact) mass is 350 g/mol. The summed E-state index contributed by atoms with van der Waals surface area (Å²) in [6.45, 7) is -0.669. The topological polar surface area (TPSA) is 95.9 Å². The molecule has 2 aromatic carbocycles. The Balaban J connectivity index is 2.08.